The number of hydrogen-bond donors (Lipinski definition) is 0. The van der Waals surface area contributed by atoms with Crippen molar-refractivity contribution in [1.82, 2.24) is 9.97 Å². The molecule has 6 heteroatoms. The molecule has 0 aliphatic rings. The van der Waals surface area contributed by atoms with Gasteiger partial charge >= 0.3 is 0 Å². The van der Waals surface area contributed by atoms with Gasteiger partial charge in [-0.15, -0.1) is 0 Å². The van der Waals surface area contributed by atoms with Crippen molar-refractivity contribution in [2.45, 2.75) is 0 Å². The van der Waals surface area contributed by atoms with Crippen LogP contribution in [-0.4, -0.2) is 9.97 Å². The van der Waals surface area contributed by atoms with Gasteiger partial charge in [-0.05, 0) is 12.1 Å². The Hall–Kier alpha value is -4.42. The highest BCUT2D eigenvalue weighted by molar-refractivity contribution is 5.80. The second kappa shape index (κ2) is 7.90. The number of aromatic nitrogens is 2. The average Bonchev–Trinajstić information content (AvgIpc) is 2.81. The van der Waals surface area contributed by atoms with Crippen LogP contribution in [0.1, 0.15) is 11.1 Å². The van der Waals surface area contributed by atoms with Gasteiger partial charge in [0.05, 0.1) is 17.0 Å². The molecule has 0 bridgehead atoms. The summed E-state index contributed by atoms with van der Waals surface area (Å²) in [6.45, 7) is 0. The summed E-state index contributed by atoms with van der Waals surface area (Å²) in [7, 11) is 0. The van der Waals surface area contributed by atoms with E-state index in [-0.39, 0.29) is 16.8 Å². The normalized spacial score (nSPS) is 10.3. The second-order valence-electron chi connectivity index (χ2n) is 6.39. The van der Waals surface area contributed by atoms with Gasteiger partial charge in [-0.3, -0.25) is 0 Å². The molecule has 0 aliphatic carbocycles. The zero-order valence-electron chi connectivity index (χ0n) is 15.5. The fraction of sp³-hybridized carbons (Fsp3) is 0. The van der Waals surface area contributed by atoms with Gasteiger partial charge in [-0.2, -0.15) is 10.5 Å². The third kappa shape index (κ3) is 3.39. The lowest BCUT2D eigenvalue weighted by molar-refractivity contribution is 0.506. The topological polar surface area (TPSA) is 73.4 Å². The third-order valence-electron chi connectivity index (χ3n) is 4.52. The first kappa shape index (κ1) is 18.9. The molecule has 0 saturated carbocycles. The summed E-state index contributed by atoms with van der Waals surface area (Å²) < 4.78 is 28.0. The van der Waals surface area contributed by atoms with Crippen LogP contribution in [0.3, 0.4) is 0 Å². The zero-order chi connectivity index (χ0) is 21.1. The smallest absolute Gasteiger partial charge is 0.176 e. The van der Waals surface area contributed by atoms with Crippen LogP contribution in [0.25, 0.3) is 33.9 Å². The van der Waals surface area contributed by atoms with E-state index in [0.29, 0.717) is 22.6 Å². The summed E-state index contributed by atoms with van der Waals surface area (Å²) >= 11 is 0. The lowest BCUT2D eigenvalue weighted by Crippen LogP contribution is -2.02. The highest BCUT2D eigenvalue weighted by Gasteiger charge is 2.20. The Labute approximate surface area is 171 Å². The standard InChI is InChI=1S/C24H12F2N4/c25-20-12-17(11-18(13-27)21(20)26)23-19(14-28)22(15-7-3-1-4-8-15)29-24(30-23)16-9-5-2-6-10-16/h1-12H. The van der Waals surface area contributed by atoms with E-state index < -0.39 is 17.2 Å². The maximum atomic E-state index is 14.1. The largest absolute Gasteiger partial charge is 0.227 e. The Morgan fingerprint density at radius 1 is 0.667 bits per heavy atom. The molecule has 0 unspecified atom stereocenters. The van der Waals surface area contributed by atoms with Crippen molar-refractivity contribution in [1.29, 1.82) is 10.5 Å². The first-order valence-electron chi connectivity index (χ1n) is 8.95. The van der Waals surface area contributed by atoms with Crippen LogP contribution in [0, 0.1) is 34.3 Å². The van der Waals surface area contributed by atoms with Crippen LogP contribution in [-0.2, 0) is 0 Å². The quantitative estimate of drug-likeness (QED) is 0.460. The van der Waals surface area contributed by atoms with Crippen LogP contribution >= 0.6 is 0 Å². The molecular formula is C24H12F2N4. The minimum atomic E-state index is -1.24. The van der Waals surface area contributed by atoms with Crippen molar-refractivity contribution in [3.63, 3.8) is 0 Å². The molecular weight excluding hydrogens is 382 g/mol. The highest BCUT2D eigenvalue weighted by Crippen LogP contribution is 2.33. The van der Waals surface area contributed by atoms with Gasteiger partial charge in [0.25, 0.3) is 0 Å². The van der Waals surface area contributed by atoms with Gasteiger partial charge in [0.1, 0.15) is 17.7 Å². The van der Waals surface area contributed by atoms with Crippen LogP contribution < -0.4 is 0 Å². The van der Waals surface area contributed by atoms with Gasteiger partial charge in [0, 0.05) is 16.7 Å². The van der Waals surface area contributed by atoms with Crippen LogP contribution in [0.15, 0.2) is 72.8 Å². The minimum Gasteiger partial charge on any atom is -0.227 e. The van der Waals surface area contributed by atoms with Gasteiger partial charge < -0.3 is 0 Å². The van der Waals surface area contributed by atoms with E-state index >= 15 is 0 Å². The molecule has 0 saturated heterocycles. The monoisotopic (exact) mass is 394 g/mol. The Balaban J connectivity index is 2.07. The molecule has 30 heavy (non-hydrogen) atoms. The van der Waals surface area contributed by atoms with E-state index in [4.69, 9.17) is 5.26 Å². The Morgan fingerprint density at radius 3 is 1.80 bits per heavy atom. The minimum absolute atomic E-state index is 0.107. The van der Waals surface area contributed by atoms with Crippen molar-refractivity contribution in [2.75, 3.05) is 0 Å². The Kier molecular flexibility index (Phi) is 4.99. The first-order valence-corrected chi connectivity index (χ1v) is 8.95. The van der Waals surface area contributed by atoms with Crippen molar-refractivity contribution in [3.05, 3.63) is 95.6 Å². The summed E-state index contributed by atoms with van der Waals surface area (Å²) in [5.74, 6) is -2.10. The number of nitriles is 2. The molecule has 142 valence electrons. The number of nitrogens with zero attached hydrogens (tertiary/aromatic N) is 4. The zero-order valence-corrected chi connectivity index (χ0v) is 15.5. The second-order valence-corrected chi connectivity index (χ2v) is 6.39. The molecule has 0 fully saturated rings. The Bertz CT molecular complexity index is 1320. The maximum Gasteiger partial charge on any atom is 0.176 e. The van der Waals surface area contributed by atoms with Crippen molar-refractivity contribution < 1.29 is 8.78 Å². The van der Waals surface area contributed by atoms with E-state index in [1.807, 2.05) is 48.5 Å². The Morgan fingerprint density at radius 2 is 1.23 bits per heavy atom. The van der Waals surface area contributed by atoms with Gasteiger partial charge in [-0.1, -0.05) is 60.7 Å². The molecule has 4 rings (SSSR count). The lowest BCUT2D eigenvalue weighted by atomic mass is 9.99. The molecule has 4 aromatic rings. The van der Waals surface area contributed by atoms with E-state index in [9.17, 15) is 14.0 Å². The fourth-order valence-electron chi connectivity index (χ4n) is 3.10. The molecule has 0 aliphatic heterocycles. The lowest BCUT2D eigenvalue weighted by Gasteiger charge is -2.12. The van der Waals surface area contributed by atoms with Gasteiger partial charge in [0.15, 0.2) is 17.5 Å². The average molecular weight is 394 g/mol. The summed E-state index contributed by atoms with van der Waals surface area (Å²) in [6.07, 6.45) is 0. The van der Waals surface area contributed by atoms with Crippen LogP contribution in [0.2, 0.25) is 0 Å². The van der Waals surface area contributed by atoms with Gasteiger partial charge in [-0.25, -0.2) is 18.7 Å². The first-order chi connectivity index (χ1) is 14.6. The SMILES string of the molecule is N#Cc1cc(-c2nc(-c3ccccc3)nc(-c3ccccc3)c2C#N)cc(F)c1F. The molecule has 1 aromatic heterocycles. The molecule has 0 atom stereocenters. The van der Waals surface area contributed by atoms with Crippen LogP contribution in [0.5, 0.6) is 0 Å². The molecule has 1 heterocycles. The molecule has 0 amide bonds. The predicted octanol–water partition coefficient (Wildman–Crippen LogP) is 5.50. The van der Waals surface area contributed by atoms with Gasteiger partial charge in [0.2, 0.25) is 0 Å². The summed E-state index contributed by atoms with van der Waals surface area (Å²) in [6, 6.07) is 24.0. The number of halogens is 2. The van der Waals surface area contributed by atoms with E-state index in [2.05, 4.69) is 16.0 Å². The third-order valence-corrected chi connectivity index (χ3v) is 4.52. The van der Waals surface area contributed by atoms with Crippen molar-refractivity contribution in [2.24, 2.45) is 0 Å². The van der Waals surface area contributed by atoms with E-state index in [1.165, 1.54) is 6.07 Å². The molecule has 0 radical (unpaired) electrons. The number of hydrogen-bond acceptors (Lipinski definition) is 4. The summed E-state index contributed by atoms with van der Waals surface area (Å²) in [5.41, 5.74) is 1.64. The van der Waals surface area contributed by atoms with Crippen LogP contribution in [0.4, 0.5) is 8.78 Å². The number of benzene rings is 3. The summed E-state index contributed by atoms with van der Waals surface area (Å²) in [5, 5.41) is 19.0. The van der Waals surface area contributed by atoms with E-state index in [0.717, 1.165) is 6.07 Å². The highest BCUT2D eigenvalue weighted by atomic mass is 19.2. The molecule has 0 N–H and O–H groups in total. The van der Waals surface area contributed by atoms with Crippen molar-refractivity contribution >= 4 is 0 Å². The van der Waals surface area contributed by atoms with E-state index in [1.54, 1.807) is 18.2 Å². The molecule has 4 nitrogen and oxygen atoms in total. The maximum absolute atomic E-state index is 14.1. The molecule has 3 aromatic carbocycles. The predicted molar refractivity (Wildman–Crippen MR) is 108 cm³/mol. The number of rotatable bonds is 3. The summed E-state index contributed by atoms with van der Waals surface area (Å²) in [4.78, 5) is 9.07. The van der Waals surface area contributed by atoms with Crippen molar-refractivity contribution in [3.8, 4) is 46.0 Å². The fourth-order valence-corrected chi connectivity index (χ4v) is 3.10. The molecule has 0 spiro atoms.